The van der Waals surface area contributed by atoms with Gasteiger partial charge in [-0.25, -0.2) is 4.39 Å². The number of likely N-dealkylation sites (N-methyl/N-ethyl adjacent to an activating group) is 1. The van der Waals surface area contributed by atoms with Gasteiger partial charge in [0.25, 0.3) is 0 Å². The quantitative estimate of drug-likeness (QED) is 0.690. The second-order valence-corrected chi connectivity index (χ2v) is 8.61. The topological polar surface area (TPSA) is 52.8 Å². The minimum atomic E-state index is -0.284. The lowest BCUT2D eigenvalue weighted by Gasteiger charge is -2.33. The van der Waals surface area contributed by atoms with Crippen LogP contribution < -0.4 is 4.90 Å². The van der Waals surface area contributed by atoms with E-state index in [4.69, 9.17) is 4.52 Å². The lowest BCUT2D eigenvalue weighted by Crippen LogP contribution is -2.45. The summed E-state index contributed by atoms with van der Waals surface area (Å²) < 4.78 is 19.3. The molecule has 2 fully saturated rings. The van der Waals surface area contributed by atoms with Gasteiger partial charge in [0.2, 0.25) is 11.8 Å². The van der Waals surface area contributed by atoms with Gasteiger partial charge in [0.1, 0.15) is 11.5 Å². The van der Waals surface area contributed by atoms with Gasteiger partial charge < -0.3 is 19.2 Å². The molecule has 1 atom stereocenters. The zero-order valence-corrected chi connectivity index (χ0v) is 18.1. The highest BCUT2D eigenvalue weighted by Gasteiger charge is 2.36. The Morgan fingerprint density at radius 2 is 1.90 bits per heavy atom. The number of carbonyl (C=O) groups excluding carboxylic acids is 1. The van der Waals surface area contributed by atoms with Gasteiger partial charge in [0.05, 0.1) is 12.1 Å². The molecule has 0 N–H and O–H groups in total. The molecule has 1 aromatic heterocycles. The minimum absolute atomic E-state index is 0.134. The fraction of sp³-hybridized carbons (Fsp3) is 0.565. The van der Waals surface area contributed by atoms with Crippen LogP contribution in [0.5, 0.6) is 0 Å². The van der Waals surface area contributed by atoms with Gasteiger partial charge in [-0.05, 0) is 57.5 Å². The third-order valence-electron chi connectivity index (χ3n) is 6.34. The summed E-state index contributed by atoms with van der Waals surface area (Å²) in [5, 5.41) is 4.38. The summed E-state index contributed by atoms with van der Waals surface area (Å²) in [6.45, 7) is 8.25. The Kier molecular flexibility index (Phi) is 6.09. The molecule has 2 aromatic rings. The fourth-order valence-electron chi connectivity index (χ4n) is 3.94. The fourth-order valence-corrected chi connectivity index (χ4v) is 3.94. The van der Waals surface area contributed by atoms with E-state index < -0.39 is 0 Å². The van der Waals surface area contributed by atoms with Crippen LogP contribution in [0.1, 0.15) is 38.7 Å². The lowest BCUT2D eigenvalue weighted by molar-refractivity contribution is -0.135. The molecule has 1 aromatic carbocycles. The Hall–Kier alpha value is -2.41. The van der Waals surface area contributed by atoms with Crippen LogP contribution in [0.2, 0.25) is 0 Å². The van der Waals surface area contributed by atoms with Gasteiger partial charge in [0, 0.05) is 43.7 Å². The summed E-state index contributed by atoms with van der Waals surface area (Å²) in [6.07, 6.45) is 2.84. The second-order valence-electron chi connectivity index (χ2n) is 8.61. The molecule has 1 aliphatic carbocycles. The lowest BCUT2D eigenvalue weighted by atomic mass is 10.0. The molecule has 6 nitrogen and oxygen atoms in total. The third-order valence-corrected chi connectivity index (χ3v) is 6.34. The first-order valence-electron chi connectivity index (χ1n) is 11.0. The van der Waals surface area contributed by atoms with Crippen LogP contribution in [-0.4, -0.2) is 60.1 Å². The molecule has 1 aliphatic heterocycles. The van der Waals surface area contributed by atoms with Gasteiger partial charge in [-0.15, -0.1) is 0 Å². The molecular weight excluding hydrogens is 383 g/mol. The molecule has 30 heavy (non-hydrogen) atoms. The van der Waals surface area contributed by atoms with Crippen LogP contribution >= 0.6 is 0 Å². The van der Waals surface area contributed by atoms with Crippen LogP contribution in [0.3, 0.4) is 0 Å². The van der Waals surface area contributed by atoms with Crippen molar-refractivity contribution < 1.29 is 13.7 Å². The van der Waals surface area contributed by atoms with E-state index in [0.29, 0.717) is 12.2 Å². The van der Waals surface area contributed by atoms with Crippen molar-refractivity contribution in [1.82, 2.24) is 15.0 Å². The third kappa shape index (κ3) is 4.36. The van der Waals surface area contributed by atoms with Crippen LogP contribution in [0.25, 0.3) is 11.3 Å². The highest BCUT2D eigenvalue weighted by Crippen LogP contribution is 2.36. The summed E-state index contributed by atoms with van der Waals surface area (Å²) in [7, 11) is 2.11. The van der Waals surface area contributed by atoms with Gasteiger partial charge >= 0.3 is 0 Å². The zero-order valence-electron chi connectivity index (χ0n) is 18.1. The minimum Gasteiger partial charge on any atom is -0.338 e. The maximum atomic E-state index is 13.5. The average Bonchev–Trinajstić information content (AvgIpc) is 3.53. The summed E-state index contributed by atoms with van der Waals surface area (Å²) in [5.41, 5.74) is 2.42. The number of carbonyl (C=O) groups is 1. The highest BCUT2D eigenvalue weighted by atomic mass is 19.1. The molecule has 0 spiro atoms. The Morgan fingerprint density at radius 3 is 2.50 bits per heavy atom. The van der Waals surface area contributed by atoms with Crippen molar-refractivity contribution >= 4 is 11.8 Å². The first kappa shape index (κ1) is 20.8. The van der Waals surface area contributed by atoms with Crippen LogP contribution in [0.4, 0.5) is 10.3 Å². The molecule has 1 saturated carbocycles. The van der Waals surface area contributed by atoms with Gasteiger partial charge in [-0.1, -0.05) is 12.1 Å². The number of hydrogen-bond donors (Lipinski definition) is 0. The van der Waals surface area contributed by atoms with Crippen molar-refractivity contribution in [3.05, 3.63) is 35.6 Å². The van der Waals surface area contributed by atoms with E-state index in [1.54, 1.807) is 12.1 Å². The van der Waals surface area contributed by atoms with Crippen molar-refractivity contribution in [3.8, 4) is 11.3 Å². The van der Waals surface area contributed by atoms with Crippen LogP contribution in [-0.2, 0) is 11.3 Å². The zero-order chi connectivity index (χ0) is 21.3. The number of anilines is 1. The monoisotopic (exact) mass is 414 g/mol. The van der Waals surface area contributed by atoms with Crippen molar-refractivity contribution in [1.29, 1.82) is 0 Å². The smallest absolute Gasteiger partial charge is 0.232 e. The number of nitrogens with zero attached hydrogens (tertiary/aromatic N) is 4. The summed E-state index contributed by atoms with van der Waals surface area (Å²) in [5.74, 6) is 0.827. The van der Waals surface area contributed by atoms with Crippen molar-refractivity contribution in [2.45, 2.75) is 45.7 Å². The first-order chi connectivity index (χ1) is 14.5. The second kappa shape index (κ2) is 8.76. The maximum Gasteiger partial charge on any atom is 0.232 e. The molecule has 0 bridgehead atoms. The standard InChI is InChI=1S/C23H31FN4O2/c1-4-16(2)28(22(29)18-5-6-18)15-20-21(17-7-9-19(24)10-8-17)25-30-23(20)27-13-11-26(3)12-14-27/h7-10,16,18H,4-6,11-15H2,1-3H3. The number of benzene rings is 1. The summed E-state index contributed by atoms with van der Waals surface area (Å²) in [6, 6.07) is 6.45. The van der Waals surface area contributed by atoms with Crippen molar-refractivity contribution in [2.75, 3.05) is 38.1 Å². The largest absolute Gasteiger partial charge is 0.338 e. The van der Waals surface area contributed by atoms with Gasteiger partial charge in [-0.3, -0.25) is 4.79 Å². The number of aromatic nitrogens is 1. The van der Waals surface area contributed by atoms with E-state index in [2.05, 4.69) is 35.9 Å². The van der Waals surface area contributed by atoms with E-state index in [1.165, 1.54) is 12.1 Å². The highest BCUT2D eigenvalue weighted by molar-refractivity contribution is 5.82. The van der Waals surface area contributed by atoms with E-state index in [9.17, 15) is 9.18 Å². The summed E-state index contributed by atoms with van der Waals surface area (Å²) in [4.78, 5) is 19.5. The Labute approximate surface area is 177 Å². The van der Waals surface area contributed by atoms with E-state index >= 15 is 0 Å². The van der Waals surface area contributed by atoms with E-state index in [0.717, 1.165) is 62.5 Å². The van der Waals surface area contributed by atoms with Gasteiger partial charge in [-0.2, -0.15) is 0 Å². The molecule has 4 rings (SSSR count). The number of halogens is 1. The average molecular weight is 415 g/mol. The van der Waals surface area contributed by atoms with E-state index in [-0.39, 0.29) is 23.7 Å². The predicted octanol–water partition coefficient (Wildman–Crippen LogP) is 3.77. The molecule has 7 heteroatoms. The molecule has 162 valence electrons. The number of amides is 1. The van der Waals surface area contributed by atoms with Crippen molar-refractivity contribution in [3.63, 3.8) is 0 Å². The number of piperazine rings is 1. The predicted molar refractivity (Wildman–Crippen MR) is 115 cm³/mol. The Morgan fingerprint density at radius 1 is 1.23 bits per heavy atom. The first-order valence-corrected chi connectivity index (χ1v) is 11.0. The van der Waals surface area contributed by atoms with Gasteiger partial charge in [0.15, 0.2) is 0 Å². The molecular formula is C23H31FN4O2. The molecule has 1 saturated heterocycles. The SMILES string of the molecule is CCC(C)N(Cc1c(-c2ccc(F)cc2)noc1N1CCN(C)CC1)C(=O)C1CC1. The van der Waals surface area contributed by atoms with Crippen LogP contribution in [0, 0.1) is 11.7 Å². The van der Waals surface area contributed by atoms with Crippen LogP contribution in [0.15, 0.2) is 28.8 Å². The van der Waals surface area contributed by atoms with Crippen molar-refractivity contribution in [2.24, 2.45) is 5.92 Å². The maximum absolute atomic E-state index is 13.5. The normalized spacial score (nSPS) is 18.5. The molecule has 2 aliphatic rings. The number of hydrogen-bond acceptors (Lipinski definition) is 5. The molecule has 1 unspecified atom stereocenters. The molecule has 0 radical (unpaired) electrons. The molecule has 1 amide bonds. The van der Waals surface area contributed by atoms with E-state index in [1.807, 2.05) is 4.90 Å². The Bertz CT molecular complexity index is 870. The molecule has 2 heterocycles. The Balaban J connectivity index is 1.71. The summed E-state index contributed by atoms with van der Waals surface area (Å²) >= 11 is 0. The number of rotatable bonds is 7.